The summed E-state index contributed by atoms with van der Waals surface area (Å²) in [5, 5.41) is 13.9. The third-order valence-electron chi connectivity index (χ3n) is 7.51. The Labute approximate surface area is 260 Å². The van der Waals surface area contributed by atoms with E-state index in [2.05, 4.69) is 10.4 Å². The van der Waals surface area contributed by atoms with Gasteiger partial charge in [0.05, 0.1) is 25.3 Å². The number of nitrogens with one attached hydrogen (secondary N) is 1. The van der Waals surface area contributed by atoms with Gasteiger partial charge >= 0.3 is 0 Å². The maximum atomic E-state index is 14.7. The van der Waals surface area contributed by atoms with Crippen molar-refractivity contribution in [3.05, 3.63) is 101 Å². The van der Waals surface area contributed by atoms with E-state index in [1.54, 1.807) is 23.0 Å². The van der Waals surface area contributed by atoms with Crippen LogP contribution in [0.5, 0.6) is 17.2 Å². The number of amides is 1. The van der Waals surface area contributed by atoms with E-state index in [4.69, 9.17) is 19.4 Å². The zero-order valence-electron chi connectivity index (χ0n) is 24.6. The summed E-state index contributed by atoms with van der Waals surface area (Å²) >= 11 is 0. The number of carbonyl (C=O) groups excluding carboxylic acids is 1. The smallest absolute Gasteiger partial charge is 0.290 e. The largest absolute Gasteiger partial charge is 0.494 e. The standard InChI is InChI=1S/C31H31FN4O5S.CH2O2/c1-2-35-20-26(19-34-35)42(38,39)36-13-11-22-17-25-8-9-27(22)31(36)23-5-3-6-24(18-23)40-14-4-12-33-30(37)16-21-7-10-28(32)29(15-21)41-25;2-1-3/h3,5-10,15,17-20,31H,2,4,11-14,16H2,1H3,(H,33,37);1H,(H,2,3). The first kappa shape index (κ1) is 31.7. The minimum Gasteiger partial charge on any atom is -0.494 e. The highest BCUT2D eigenvalue weighted by Gasteiger charge is 2.38. The number of fused-ring (bicyclic) bond motifs is 7. The molecule has 0 fully saturated rings. The number of hydrogen-bond acceptors (Lipinski definition) is 7. The Balaban J connectivity index is 0.00000128. The second kappa shape index (κ2) is 13.9. The molecule has 3 aliphatic heterocycles. The van der Waals surface area contributed by atoms with E-state index in [0.29, 0.717) is 49.6 Å². The lowest BCUT2D eigenvalue weighted by molar-refractivity contribution is -0.123. The van der Waals surface area contributed by atoms with Gasteiger partial charge in [0.2, 0.25) is 15.9 Å². The number of carbonyl (C=O) groups is 2. The molecule has 4 aromatic rings. The SMILES string of the molecule is CCn1cc(S(=O)(=O)N2CCc3cc4ccc3C2c2cccc(c2)OCCCNC(=O)Cc2ccc(F)c(c2)O4)cn1.O=CO. The summed E-state index contributed by atoms with van der Waals surface area (Å²) in [5.74, 6) is 0.317. The van der Waals surface area contributed by atoms with Crippen molar-refractivity contribution < 1.29 is 37.0 Å². The Bertz CT molecular complexity index is 1790. The van der Waals surface area contributed by atoms with Crippen molar-refractivity contribution in [2.24, 2.45) is 0 Å². The van der Waals surface area contributed by atoms with Crippen LogP contribution in [-0.4, -0.2) is 59.7 Å². The van der Waals surface area contributed by atoms with Gasteiger partial charge in [-0.05, 0) is 78.4 Å². The Morgan fingerprint density at radius 3 is 2.73 bits per heavy atom. The van der Waals surface area contributed by atoms with Crippen molar-refractivity contribution in [1.82, 2.24) is 19.4 Å². The van der Waals surface area contributed by atoms with Gasteiger partial charge in [-0.2, -0.15) is 9.40 Å². The van der Waals surface area contributed by atoms with E-state index in [9.17, 15) is 17.6 Å². The van der Waals surface area contributed by atoms with Gasteiger partial charge in [-0.25, -0.2) is 12.8 Å². The molecule has 0 aliphatic carbocycles. The first-order valence-corrected chi connectivity index (χ1v) is 15.9. The summed E-state index contributed by atoms with van der Waals surface area (Å²) in [6.45, 7) is 3.20. The van der Waals surface area contributed by atoms with Crippen LogP contribution in [0, 0.1) is 5.82 Å². The molecule has 11 nitrogen and oxygen atoms in total. The van der Waals surface area contributed by atoms with Crippen LogP contribution in [0.2, 0.25) is 0 Å². The molecule has 2 N–H and O–H groups in total. The molecule has 0 radical (unpaired) electrons. The molecule has 45 heavy (non-hydrogen) atoms. The van der Waals surface area contributed by atoms with E-state index in [1.807, 2.05) is 43.3 Å². The van der Waals surface area contributed by atoms with Crippen LogP contribution in [0.4, 0.5) is 4.39 Å². The number of aryl methyl sites for hydroxylation is 1. The predicted octanol–water partition coefficient (Wildman–Crippen LogP) is 4.31. The summed E-state index contributed by atoms with van der Waals surface area (Å²) in [4.78, 5) is 21.0. The van der Waals surface area contributed by atoms with Gasteiger partial charge in [0.25, 0.3) is 6.47 Å². The second-order valence-electron chi connectivity index (χ2n) is 10.4. The number of ether oxygens (including phenoxy) is 2. The predicted molar refractivity (Wildman–Crippen MR) is 162 cm³/mol. The van der Waals surface area contributed by atoms with Crippen molar-refractivity contribution in [3.63, 3.8) is 0 Å². The molecule has 8 bridgehead atoms. The van der Waals surface area contributed by atoms with Gasteiger partial charge in [0, 0.05) is 25.8 Å². The van der Waals surface area contributed by atoms with Crippen LogP contribution in [0.1, 0.15) is 41.6 Å². The summed E-state index contributed by atoms with van der Waals surface area (Å²) in [6, 6.07) is 16.5. The molecule has 1 aromatic heterocycles. The summed E-state index contributed by atoms with van der Waals surface area (Å²) < 4.78 is 57.7. The highest BCUT2D eigenvalue weighted by Crippen LogP contribution is 2.41. The number of aromatic nitrogens is 2. The zero-order chi connectivity index (χ0) is 32.0. The number of halogens is 1. The van der Waals surface area contributed by atoms with Gasteiger partial charge < -0.3 is 19.9 Å². The Kier molecular flexibility index (Phi) is 9.79. The highest BCUT2D eigenvalue weighted by atomic mass is 32.2. The summed E-state index contributed by atoms with van der Waals surface area (Å²) in [6.07, 6.45) is 4.03. The fraction of sp³-hybridized carbons (Fsp3) is 0.281. The van der Waals surface area contributed by atoms with Gasteiger partial charge in [-0.15, -0.1) is 0 Å². The van der Waals surface area contributed by atoms with Crippen molar-refractivity contribution in [2.75, 3.05) is 19.7 Å². The molecule has 4 heterocycles. The van der Waals surface area contributed by atoms with E-state index in [1.165, 1.54) is 22.6 Å². The average Bonchev–Trinajstić information content (AvgIpc) is 3.53. The van der Waals surface area contributed by atoms with Crippen LogP contribution in [0.25, 0.3) is 0 Å². The van der Waals surface area contributed by atoms with Crippen LogP contribution in [0.15, 0.2) is 78.0 Å². The molecule has 1 amide bonds. The molecule has 7 rings (SSSR count). The molecule has 0 saturated heterocycles. The fourth-order valence-electron chi connectivity index (χ4n) is 5.41. The van der Waals surface area contributed by atoms with Crippen molar-refractivity contribution in [2.45, 2.75) is 43.7 Å². The van der Waals surface area contributed by atoms with Crippen molar-refractivity contribution in [1.29, 1.82) is 0 Å². The number of hydrogen-bond donors (Lipinski definition) is 2. The number of carboxylic acid groups (broad SMARTS) is 1. The number of sulfonamides is 1. The second-order valence-corrected chi connectivity index (χ2v) is 12.3. The average molecular weight is 637 g/mol. The van der Waals surface area contributed by atoms with E-state index in [0.717, 1.165) is 16.7 Å². The Morgan fingerprint density at radius 2 is 1.96 bits per heavy atom. The van der Waals surface area contributed by atoms with Crippen molar-refractivity contribution >= 4 is 22.4 Å². The maximum Gasteiger partial charge on any atom is 0.290 e. The van der Waals surface area contributed by atoms with Gasteiger partial charge in [0.15, 0.2) is 11.6 Å². The molecule has 3 aromatic carbocycles. The first-order chi connectivity index (χ1) is 21.7. The van der Waals surface area contributed by atoms with E-state index >= 15 is 0 Å². The Hall–Kier alpha value is -4.75. The summed E-state index contributed by atoms with van der Waals surface area (Å²) in [5.41, 5.74) is 3.07. The molecule has 1 unspecified atom stereocenters. The van der Waals surface area contributed by atoms with Crippen LogP contribution < -0.4 is 14.8 Å². The zero-order valence-corrected chi connectivity index (χ0v) is 25.4. The number of nitrogens with zero attached hydrogens (tertiary/aromatic N) is 3. The minimum atomic E-state index is -3.91. The molecular formula is C32H33FN4O7S. The van der Waals surface area contributed by atoms with Crippen LogP contribution in [0.3, 0.4) is 0 Å². The molecule has 1 atom stereocenters. The van der Waals surface area contributed by atoms with E-state index in [-0.39, 0.29) is 36.0 Å². The first-order valence-electron chi connectivity index (χ1n) is 14.4. The monoisotopic (exact) mass is 636 g/mol. The number of rotatable bonds is 3. The molecule has 0 saturated carbocycles. The molecular weight excluding hydrogens is 603 g/mol. The van der Waals surface area contributed by atoms with E-state index < -0.39 is 21.9 Å². The lowest BCUT2D eigenvalue weighted by Crippen LogP contribution is -2.40. The summed E-state index contributed by atoms with van der Waals surface area (Å²) in [7, 11) is -3.91. The molecule has 13 heteroatoms. The molecule has 236 valence electrons. The topological polar surface area (TPSA) is 140 Å². The van der Waals surface area contributed by atoms with Gasteiger partial charge in [-0.3, -0.25) is 14.3 Å². The van der Waals surface area contributed by atoms with Crippen molar-refractivity contribution in [3.8, 4) is 17.2 Å². The lowest BCUT2D eigenvalue weighted by atomic mass is 9.89. The minimum absolute atomic E-state index is 0.0174. The van der Waals surface area contributed by atoms with Crippen LogP contribution in [-0.2, 0) is 39.0 Å². The van der Waals surface area contributed by atoms with Crippen LogP contribution >= 0.6 is 0 Å². The number of benzene rings is 3. The third-order valence-corrected chi connectivity index (χ3v) is 9.33. The van der Waals surface area contributed by atoms with Gasteiger partial charge in [0.1, 0.15) is 16.4 Å². The molecule has 3 aliphatic rings. The fourth-order valence-corrected chi connectivity index (χ4v) is 6.96. The van der Waals surface area contributed by atoms with Gasteiger partial charge in [-0.1, -0.05) is 24.3 Å². The third kappa shape index (κ3) is 7.15. The quantitative estimate of drug-likeness (QED) is 0.317. The highest BCUT2D eigenvalue weighted by molar-refractivity contribution is 7.89. The maximum absolute atomic E-state index is 14.7. The normalized spacial score (nSPS) is 16.8. The Morgan fingerprint density at radius 1 is 1.13 bits per heavy atom. The molecule has 0 spiro atoms. The lowest BCUT2D eigenvalue weighted by Gasteiger charge is -2.36.